The fourth-order valence-electron chi connectivity index (χ4n) is 1.49. The topological polar surface area (TPSA) is 81.7 Å². The van der Waals surface area contributed by atoms with E-state index in [1.165, 1.54) is 6.92 Å². The first-order chi connectivity index (χ1) is 11.8. The summed E-state index contributed by atoms with van der Waals surface area (Å²) in [4.78, 5) is 10.5. The van der Waals surface area contributed by atoms with E-state index in [4.69, 9.17) is 33.2 Å². The smallest absolute Gasteiger partial charge is 0.302 e. The highest BCUT2D eigenvalue weighted by Crippen LogP contribution is 1.85. The van der Waals surface area contributed by atoms with Crippen molar-refractivity contribution in [1.82, 2.24) is 0 Å². The zero-order valence-electron chi connectivity index (χ0n) is 15.0. The molecule has 0 aliphatic rings. The lowest BCUT2D eigenvalue weighted by molar-refractivity contribution is -0.142. The zero-order chi connectivity index (χ0) is 17.7. The third-order valence-corrected chi connectivity index (χ3v) is 2.60. The Labute approximate surface area is 144 Å². The van der Waals surface area contributed by atoms with Crippen LogP contribution >= 0.6 is 0 Å². The van der Waals surface area contributed by atoms with Gasteiger partial charge in [-0.15, -0.1) is 0 Å². The van der Waals surface area contributed by atoms with Crippen LogP contribution in [0.5, 0.6) is 0 Å². The molecule has 24 heavy (non-hydrogen) atoms. The second kappa shape index (κ2) is 20.3. The van der Waals surface area contributed by atoms with E-state index in [1.807, 2.05) is 6.92 Å². The Morgan fingerprint density at radius 2 is 0.833 bits per heavy atom. The Kier molecular flexibility index (Phi) is 19.6. The molecule has 8 heteroatoms. The van der Waals surface area contributed by atoms with Gasteiger partial charge in [-0.3, -0.25) is 4.79 Å². The van der Waals surface area contributed by atoms with Gasteiger partial charge < -0.3 is 33.2 Å². The Bertz CT molecular complexity index is 262. The van der Waals surface area contributed by atoms with Crippen LogP contribution in [0.25, 0.3) is 0 Å². The zero-order valence-corrected chi connectivity index (χ0v) is 15.0. The molecule has 0 unspecified atom stereocenters. The first-order valence-electron chi connectivity index (χ1n) is 8.37. The lowest BCUT2D eigenvalue weighted by Crippen LogP contribution is -2.14. The lowest BCUT2D eigenvalue weighted by atomic mass is 10.6. The molecule has 0 amide bonds. The Morgan fingerprint density at radius 1 is 0.542 bits per heavy atom. The summed E-state index contributed by atoms with van der Waals surface area (Å²) in [5, 5.41) is 0. The first-order valence-corrected chi connectivity index (χ1v) is 8.37. The van der Waals surface area contributed by atoms with E-state index in [2.05, 4.69) is 0 Å². The SMILES string of the molecule is CCOCCOCCOCCOCCOCCOCCOC(C)=O. The van der Waals surface area contributed by atoms with Gasteiger partial charge in [0.2, 0.25) is 0 Å². The molecule has 0 atom stereocenters. The van der Waals surface area contributed by atoms with E-state index in [0.717, 1.165) is 0 Å². The Balaban J connectivity index is 2.97. The molecular weight excluding hydrogens is 320 g/mol. The highest BCUT2D eigenvalue weighted by molar-refractivity contribution is 5.65. The summed E-state index contributed by atoms with van der Waals surface area (Å²) in [7, 11) is 0. The summed E-state index contributed by atoms with van der Waals surface area (Å²) in [6.07, 6.45) is 0. The summed E-state index contributed by atoms with van der Waals surface area (Å²) in [5.74, 6) is -0.301. The molecule has 0 N–H and O–H groups in total. The van der Waals surface area contributed by atoms with Crippen LogP contribution < -0.4 is 0 Å². The van der Waals surface area contributed by atoms with Gasteiger partial charge in [0, 0.05) is 13.5 Å². The van der Waals surface area contributed by atoms with Crippen LogP contribution in [0.15, 0.2) is 0 Å². The highest BCUT2D eigenvalue weighted by atomic mass is 16.6. The summed E-state index contributed by atoms with van der Waals surface area (Å²) in [6.45, 7) is 10.1. The predicted octanol–water partition coefficient (Wildman–Crippen LogP) is 0.669. The van der Waals surface area contributed by atoms with Crippen molar-refractivity contribution >= 4 is 5.97 Å². The first kappa shape index (κ1) is 23.2. The number of hydrogen-bond acceptors (Lipinski definition) is 8. The van der Waals surface area contributed by atoms with Crippen LogP contribution in [-0.2, 0) is 38.0 Å². The molecule has 144 valence electrons. The molecule has 8 nitrogen and oxygen atoms in total. The predicted molar refractivity (Wildman–Crippen MR) is 87.2 cm³/mol. The molecule has 0 radical (unpaired) electrons. The fourth-order valence-corrected chi connectivity index (χ4v) is 1.49. The van der Waals surface area contributed by atoms with Gasteiger partial charge in [-0.1, -0.05) is 0 Å². The minimum absolute atomic E-state index is 0.274. The van der Waals surface area contributed by atoms with E-state index < -0.39 is 0 Å². The molecule has 0 saturated carbocycles. The van der Waals surface area contributed by atoms with Crippen LogP contribution in [0.4, 0.5) is 0 Å². The molecule has 0 saturated heterocycles. The minimum Gasteiger partial charge on any atom is -0.463 e. The van der Waals surface area contributed by atoms with Crippen molar-refractivity contribution in [3.05, 3.63) is 0 Å². The third kappa shape index (κ3) is 21.2. The second-order valence-electron chi connectivity index (χ2n) is 4.60. The quantitative estimate of drug-likeness (QED) is 0.248. The molecular formula is C16H32O8. The lowest BCUT2D eigenvalue weighted by Gasteiger charge is -2.08. The number of hydrogen-bond donors (Lipinski definition) is 0. The standard InChI is InChI=1S/C16H32O8/c1-3-18-4-5-19-6-7-20-8-9-21-10-11-22-12-13-23-14-15-24-16(2)17/h3-15H2,1-2H3. The molecule has 0 aromatic rings. The Hall–Kier alpha value is -0.770. The Morgan fingerprint density at radius 3 is 1.12 bits per heavy atom. The number of rotatable bonds is 19. The molecule has 0 heterocycles. The van der Waals surface area contributed by atoms with E-state index in [-0.39, 0.29) is 12.6 Å². The van der Waals surface area contributed by atoms with E-state index in [0.29, 0.717) is 79.3 Å². The van der Waals surface area contributed by atoms with E-state index >= 15 is 0 Å². The molecule has 0 spiro atoms. The molecule has 0 fully saturated rings. The molecule has 0 aliphatic carbocycles. The van der Waals surface area contributed by atoms with E-state index in [9.17, 15) is 4.79 Å². The minimum atomic E-state index is -0.301. The van der Waals surface area contributed by atoms with Gasteiger partial charge >= 0.3 is 5.97 Å². The van der Waals surface area contributed by atoms with Crippen molar-refractivity contribution < 1.29 is 38.0 Å². The summed E-state index contributed by atoms with van der Waals surface area (Å²) < 4.78 is 36.4. The number of ether oxygens (including phenoxy) is 7. The van der Waals surface area contributed by atoms with Gasteiger partial charge in [-0.05, 0) is 6.92 Å². The van der Waals surface area contributed by atoms with Gasteiger partial charge in [-0.2, -0.15) is 0 Å². The maximum atomic E-state index is 10.5. The average Bonchev–Trinajstić information content (AvgIpc) is 2.56. The third-order valence-electron chi connectivity index (χ3n) is 2.60. The molecule has 0 aliphatic heterocycles. The van der Waals surface area contributed by atoms with Crippen LogP contribution in [0.1, 0.15) is 13.8 Å². The molecule has 0 aromatic carbocycles. The number of esters is 1. The van der Waals surface area contributed by atoms with Gasteiger partial charge in [0.05, 0.1) is 72.7 Å². The number of carbonyl (C=O) groups excluding carboxylic acids is 1. The van der Waals surface area contributed by atoms with Crippen LogP contribution in [0.3, 0.4) is 0 Å². The van der Waals surface area contributed by atoms with Gasteiger partial charge in [-0.25, -0.2) is 0 Å². The van der Waals surface area contributed by atoms with Gasteiger partial charge in [0.15, 0.2) is 0 Å². The largest absolute Gasteiger partial charge is 0.463 e. The van der Waals surface area contributed by atoms with Crippen molar-refractivity contribution in [2.45, 2.75) is 13.8 Å². The van der Waals surface area contributed by atoms with Crippen molar-refractivity contribution in [3.8, 4) is 0 Å². The van der Waals surface area contributed by atoms with Crippen molar-refractivity contribution in [3.63, 3.8) is 0 Å². The molecule has 0 aromatic heterocycles. The van der Waals surface area contributed by atoms with Gasteiger partial charge in [0.1, 0.15) is 6.61 Å². The maximum absolute atomic E-state index is 10.5. The molecule has 0 bridgehead atoms. The normalized spacial score (nSPS) is 10.9. The van der Waals surface area contributed by atoms with Crippen molar-refractivity contribution in [2.24, 2.45) is 0 Å². The van der Waals surface area contributed by atoms with Gasteiger partial charge in [0.25, 0.3) is 0 Å². The number of carbonyl (C=O) groups is 1. The van der Waals surface area contributed by atoms with Crippen LogP contribution in [-0.4, -0.2) is 91.9 Å². The summed E-state index contributed by atoms with van der Waals surface area (Å²) >= 11 is 0. The van der Waals surface area contributed by atoms with Crippen LogP contribution in [0, 0.1) is 0 Å². The second-order valence-corrected chi connectivity index (χ2v) is 4.60. The highest BCUT2D eigenvalue weighted by Gasteiger charge is 1.95. The summed E-state index contributed by atoms with van der Waals surface area (Å²) in [6, 6.07) is 0. The van der Waals surface area contributed by atoms with Crippen molar-refractivity contribution in [2.75, 3.05) is 85.9 Å². The maximum Gasteiger partial charge on any atom is 0.302 e. The fraction of sp³-hybridized carbons (Fsp3) is 0.938. The van der Waals surface area contributed by atoms with Crippen molar-refractivity contribution in [1.29, 1.82) is 0 Å². The van der Waals surface area contributed by atoms with Crippen LogP contribution in [0.2, 0.25) is 0 Å². The molecule has 0 rings (SSSR count). The average molecular weight is 352 g/mol. The van der Waals surface area contributed by atoms with E-state index in [1.54, 1.807) is 0 Å². The summed E-state index contributed by atoms with van der Waals surface area (Å²) in [5.41, 5.74) is 0. The monoisotopic (exact) mass is 352 g/mol.